The Morgan fingerprint density at radius 3 is 2.47 bits per heavy atom. The van der Waals surface area contributed by atoms with Gasteiger partial charge in [0, 0.05) is 25.8 Å². The molecule has 0 amide bonds. The van der Waals surface area contributed by atoms with Gasteiger partial charge >= 0.3 is 5.97 Å². The van der Waals surface area contributed by atoms with Crippen LogP contribution in [0.25, 0.3) is 12.2 Å². The number of carbonyl (C=O) groups is 1. The van der Waals surface area contributed by atoms with Crippen molar-refractivity contribution >= 4 is 23.8 Å². The minimum atomic E-state index is -1.10. The van der Waals surface area contributed by atoms with Gasteiger partial charge in [0.2, 0.25) is 0 Å². The molecule has 5 heteroatoms. The molecule has 0 aliphatic carbocycles. The molecule has 0 bridgehead atoms. The monoisotopic (exact) mass is 258 g/mol. The molecule has 98 valence electrons. The Morgan fingerprint density at radius 2 is 1.95 bits per heavy atom. The molecule has 2 aromatic rings. The molecular weight excluding hydrogens is 244 g/mol. The van der Waals surface area contributed by atoms with Gasteiger partial charge in [-0.25, -0.2) is 4.79 Å². The maximum Gasteiger partial charge on any atom is 0.358 e. The summed E-state index contributed by atoms with van der Waals surface area (Å²) in [6.45, 7) is 0. The Hall–Kier alpha value is -2.56. The molecule has 2 rings (SSSR count). The van der Waals surface area contributed by atoms with Crippen LogP contribution >= 0.6 is 0 Å². The van der Waals surface area contributed by atoms with E-state index >= 15 is 0 Å². The smallest absolute Gasteiger partial charge is 0.358 e. The van der Waals surface area contributed by atoms with E-state index in [2.05, 4.69) is 5.16 Å². The van der Waals surface area contributed by atoms with Crippen molar-refractivity contribution in [3.05, 3.63) is 47.3 Å². The zero-order valence-corrected chi connectivity index (χ0v) is 10.7. The highest BCUT2D eigenvalue weighted by atomic mass is 16.5. The lowest BCUT2D eigenvalue weighted by Gasteiger charge is -2.11. The molecule has 0 saturated heterocycles. The van der Waals surface area contributed by atoms with E-state index in [1.165, 1.54) is 6.07 Å². The number of nitrogens with zero attached hydrogens (tertiary/aromatic N) is 2. The molecule has 0 radical (unpaired) electrons. The first kappa shape index (κ1) is 12.9. The second-order valence-corrected chi connectivity index (χ2v) is 4.24. The van der Waals surface area contributed by atoms with Gasteiger partial charge < -0.3 is 14.5 Å². The van der Waals surface area contributed by atoms with Crippen molar-refractivity contribution in [2.24, 2.45) is 0 Å². The molecule has 0 saturated carbocycles. The van der Waals surface area contributed by atoms with Gasteiger partial charge in [0.15, 0.2) is 11.5 Å². The molecule has 1 heterocycles. The number of carboxylic acid groups (broad SMARTS) is 1. The summed E-state index contributed by atoms with van der Waals surface area (Å²) >= 11 is 0. The van der Waals surface area contributed by atoms with Crippen LogP contribution in [-0.2, 0) is 0 Å². The van der Waals surface area contributed by atoms with E-state index in [1.807, 2.05) is 49.3 Å². The molecule has 1 N–H and O–H groups in total. The number of hydrogen-bond donors (Lipinski definition) is 1. The van der Waals surface area contributed by atoms with Crippen LogP contribution < -0.4 is 4.90 Å². The van der Waals surface area contributed by atoms with E-state index < -0.39 is 5.97 Å². The Bertz CT molecular complexity index is 597. The second-order valence-electron chi connectivity index (χ2n) is 4.24. The summed E-state index contributed by atoms with van der Waals surface area (Å²) in [5.41, 5.74) is 2.02. The maximum absolute atomic E-state index is 10.6. The molecule has 5 nitrogen and oxygen atoms in total. The van der Waals surface area contributed by atoms with Crippen LogP contribution in [0.3, 0.4) is 0 Å². The lowest BCUT2D eigenvalue weighted by Crippen LogP contribution is -2.07. The standard InChI is InChI=1S/C14H14N2O3/c1-16(2)11-6-3-10(4-7-11)5-8-12-9-13(14(17)18)15-19-12/h3-9H,1-2H3,(H,17,18)/b8-5+. The fraction of sp³-hybridized carbons (Fsp3) is 0.143. The summed E-state index contributed by atoms with van der Waals surface area (Å²) in [6.07, 6.45) is 3.52. The van der Waals surface area contributed by atoms with Crippen LogP contribution in [-0.4, -0.2) is 30.3 Å². The van der Waals surface area contributed by atoms with Crippen molar-refractivity contribution in [3.8, 4) is 0 Å². The van der Waals surface area contributed by atoms with Gasteiger partial charge in [-0.3, -0.25) is 0 Å². The number of rotatable bonds is 4. The van der Waals surface area contributed by atoms with Gasteiger partial charge in [-0.1, -0.05) is 23.4 Å². The van der Waals surface area contributed by atoms with Gasteiger partial charge in [0.1, 0.15) is 0 Å². The van der Waals surface area contributed by atoms with E-state index in [1.54, 1.807) is 6.08 Å². The molecule has 0 unspecified atom stereocenters. The number of aromatic carboxylic acids is 1. The first-order chi connectivity index (χ1) is 9.06. The van der Waals surface area contributed by atoms with Crippen molar-refractivity contribution in [2.75, 3.05) is 19.0 Å². The first-order valence-corrected chi connectivity index (χ1v) is 5.72. The predicted octanol–water partition coefficient (Wildman–Crippen LogP) is 2.61. The number of hydrogen-bond acceptors (Lipinski definition) is 4. The van der Waals surface area contributed by atoms with Crippen molar-refractivity contribution in [1.29, 1.82) is 0 Å². The molecule has 0 aliphatic heterocycles. The third-order valence-electron chi connectivity index (χ3n) is 2.60. The zero-order valence-electron chi connectivity index (χ0n) is 10.7. The summed E-state index contributed by atoms with van der Waals surface area (Å²) in [7, 11) is 3.96. The minimum Gasteiger partial charge on any atom is -0.476 e. The number of anilines is 1. The summed E-state index contributed by atoms with van der Waals surface area (Å²) in [6, 6.07) is 9.33. The van der Waals surface area contributed by atoms with E-state index in [-0.39, 0.29) is 5.69 Å². The van der Waals surface area contributed by atoms with Gasteiger partial charge in [0.05, 0.1) is 0 Å². The summed E-state index contributed by atoms with van der Waals surface area (Å²) < 4.78 is 4.88. The van der Waals surface area contributed by atoms with Gasteiger partial charge in [-0.05, 0) is 23.8 Å². The largest absolute Gasteiger partial charge is 0.476 e. The normalized spacial score (nSPS) is 10.8. The average molecular weight is 258 g/mol. The topological polar surface area (TPSA) is 66.6 Å². The first-order valence-electron chi connectivity index (χ1n) is 5.72. The molecule has 1 aromatic heterocycles. The third kappa shape index (κ3) is 3.22. The molecule has 0 atom stereocenters. The van der Waals surface area contributed by atoms with Crippen molar-refractivity contribution < 1.29 is 14.4 Å². The van der Waals surface area contributed by atoms with E-state index in [0.717, 1.165) is 11.3 Å². The Labute approximate surface area is 110 Å². The molecule has 0 spiro atoms. The van der Waals surface area contributed by atoms with Crippen molar-refractivity contribution in [1.82, 2.24) is 5.16 Å². The number of aromatic nitrogens is 1. The highest BCUT2D eigenvalue weighted by molar-refractivity contribution is 5.86. The van der Waals surface area contributed by atoms with Crippen LogP contribution in [0, 0.1) is 0 Å². The van der Waals surface area contributed by atoms with Crippen LogP contribution in [0.1, 0.15) is 21.8 Å². The van der Waals surface area contributed by atoms with Gasteiger partial charge in [-0.15, -0.1) is 0 Å². The van der Waals surface area contributed by atoms with Gasteiger partial charge in [0.25, 0.3) is 0 Å². The quantitative estimate of drug-likeness (QED) is 0.913. The minimum absolute atomic E-state index is 0.0948. The number of carboxylic acids is 1. The molecule has 19 heavy (non-hydrogen) atoms. The van der Waals surface area contributed by atoms with E-state index in [4.69, 9.17) is 9.63 Å². The fourth-order valence-corrected chi connectivity index (χ4v) is 1.53. The molecule has 1 aromatic carbocycles. The maximum atomic E-state index is 10.6. The summed E-state index contributed by atoms with van der Waals surface area (Å²) in [4.78, 5) is 12.7. The van der Waals surface area contributed by atoms with Crippen LogP contribution in [0.5, 0.6) is 0 Å². The zero-order chi connectivity index (χ0) is 13.8. The fourth-order valence-electron chi connectivity index (χ4n) is 1.53. The summed E-state index contributed by atoms with van der Waals surface area (Å²) in [5, 5.41) is 12.1. The predicted molar refractivity (Wildman–Crippen MR) is 73.2 cm³/mol. The lowest BCUT2D eigenvalue weighted by molar-refractivity contribution is 0.0685. The van der Waals surface area contributed by atoms with Crippen LogP contribution in [0.15, 0.2) is 34.9 Å². The molecule has 0 fully saturated rings. The van der Waals surface area contributed by atoms with Crippen molar-refractivity contribution in [2.45, 2.75) is 0 Å². The van der Waals surface area contributed by atoms with Gasteiger partial charge in [-0.2, -0.15) is 0 Å². The third-order valence-corrected chi connectivity index (χ3v) is 2.60. The molecule has 0 aliphatic rings. The number of benzene rings is 1. The second kappa shape index (κ2) is 5.39. The average Bonchev–Trinajstić information content (AvgIpc) is 2.86. The van der Waals surface area contributed by atoms with Crippen LogP contribution in [0.2, 0.25) is 0 Å². The SMILES string of the molecule is CN(C)c1ccc(/C=C/c2cc(C(=O)O)no2)cc1. The van der Waals surface area contributed by atoms with E-state index in [0.29, 0.717) is 5.76 Å². The highest BCUT2D eigenvalue weighted by Crippen LogP contribution is 2.15. The lowest BCUT2D eigenvalue weighted by atomic mass is 10.2. The summed E-state index contributed by atoms with van der Waals surface area (Å²) in [5.74, 6) is -0.687. The van der Waals surface area contributed by atoms with Crippen LogP contribution in [0.4, 0.5) is 5.69 Å². The Morgan fingerprint density at radius 1 is 1.26 bits per heavy atom. The Balaban J connectivity index is 2.11. The Kier molecular flexibility index (Phi) is 3.66. The molecular formula is C14H14N2O3. The highest BCUT2D eigenvalue weighted by Gasteiger charge is 2.08. The van der Waals surface area contributed by atoms with Crippen molar-refractivity contribution in [3.63, 3.8) is 0 Å². The van der Waals surface area contributed by atoms with E-state index in [9.17, 15) is 4.79 Å².